The Bertz CT molecular complexity index is 1030. The molecule has 0 aliphatic carbocycles. The van der Waals surface area contributed by atoms with Gasteiger partial charge in [-0.3, -0.25) is 10.2 Å². The molecule has 9 nitrogen and oxygen atoms in total. The molecule has 1 aromatic carbocycles. The number of piperazine rings is 1. The largest absolute Gasteiger partial charge is 0.416 e. The number of carbonyl (C=O) groups excluding carboxylic acids is 1. The van der Waals surface area contributed by atoms with E-state index in [2.05, 4.69) is 30.6 Å². The average Bonchev–Trinajstić information content (AvgIpc) is 3.45. The topological polar surface area (TPSA) is 100 Å². The monoisotopic (exact) mass is 453 g/mol. The molecule has 1 aliphatic rings. The van der Waals surface area contributed by atoms with Crippen molar-refractivity contribution in [3.8, 4) is 11.4 Å². The molecular formula is C18H18F3N7O2S. The van der Waals surface area contributed by atoms with Gasteiger partial charge in [0.2, 0.25) is 16.8 Å². The molecular weight excluding hydrogens is 435 g/mol. The van der Waals surface area contributed by atoms with Gasteiger partial charge in [-0.25, -0.2) is 4.79 Å². The number of nitrogens with zero attached hydrogens (tertiary/aromatic N) is 6. The van der Waals surface area contributed by atoms with Gasteiger partial charge in [0, 0.05) is 31.7 Å². The van der Waals surface area contributed by atoms with E-state index in [1.807, 2.05) is 6.92 Å². The van der Waals surface area contributed by atoms with E-state index in [-0.39, 0.29) is 23.5 Å². The summed E-state index contributed by atoms with van der Waals surface area (Å²) in [4.78, 5) is 20.3. The number of hydrogen-bond acceptors (Lipinski definition) is 8. The van der Waals surface area contributed by atoms with Gasteiger partial charge in [0.1, 0.15) is 5.51 Å². The number of carbonyl (C=O) groups is 1. The van der Waals surface area contributed by atoms with Gasteiger partial charge < -0.3 is 9.42 Å². The minimum atomic E-state index is -4.45. The molecule has 1 saturated heterocycles. The van der Waals surface area contributed by atoms with Gasteiger partial charge in [0.05, 0.1) is 11.6 Å². The third-order valence-electron chi connectivity index (χ3n) is 4.97. The number of amides is 2. The zero-order chi connectivity index (χ0) is 22.0. The van der Waals surface area contributed by atoms with E-state index in [1.165, 1.54) is 29.0 Å². The van der Waals surface area contributed by atoms with Gasteiger partial charge in [-0.2, -0.15) is 18.2 Å². The fraction of sp³-hybridized carbons (Fsp3) is 0.389. The third-order valence-corrected chi connectivity index (χ3v) is 5.58. The standard InChI is InChI=1S/C18H18F3N7O2S/c1-11(27-5-7-28(8-6-27)17(29)24-16-25-22-10-31-16)15-23-14(26-30-15)12-3-2-4-13(9-12)18(19,20)21/h2-4,9-11H,5-8H2,1H3,(H,24,25,29). The molecule has 1 N–H and O–H groups in total. The first kappa shape index (κ1) is 21.2. The first-order chi connectivity index (χ1) is 14.8. The van der Waals surface area contributed by atoms with Crippen LogP contribution in [0.4, 0.5) is 23.1 Å². The van der Waals surface area contributed by atoms with Crippen molar-refractivity contribution in [1.82, 2.24) is 30.1 Å². The maximum Gasteiger partial charge on any atom is 0.416 e. The van der Waals surface area contributed by atoms with E-state index in [4.69, 9.17) is 4.52 Å². The van der Waals surface area contributed by atoms with E-state index in [1.54, 1.807) is 4.90 Å². The maximum absolute atomic E-state index is 12.9. The highest BCUT2D eigenvalue weighted by molar-refractivity contribution is 7.13. The summed E-state index contributed by atoms with van der Waals surface area (Å²) in [5.41, 5.74) is 0.996. The number of rotatable bonds is 4. The highest BCUT2D eigenvalue weighted by Crippen LogP contribution is 2.32. The molecule has 2 amide bonds. The molecule has 3 aromatic rings. The normalized spacial score (nSPS) is 16.3. The van der Waals surface area contributed by atoms with Gasteiger partial charge in [0.25, 0.3) is 0 Å². The molecule has 0 spiro atoms. The van der Waals surface area contributed by atoms with Crippen LogP contribution in [-0.4, -0.2) is 62.3 Å². The summed E-state index contributed by atoms with van der Waals surface area (Å²) in [5, 5.41) is 14.4. The van der Waals surface area contributed by atoms with Crippen LogP contribution in [0.5, 0.6) is 0 Å². The summed E-state index contributed by atoms with van der Waals surface area (Å²) in [6.45, 7) is 4.01. The lowest BCUT2D eigenvalue weighted by Gasteiger charge is -2.36. The molecule has 0 saturated carbocycles. The molecule has 1 atom stereocenters. The van der Waals surface area contributed by atoms with Crippen LogP contribution in [0.2, 0.25) is 0 Å². The van der Waals surface area contributed by atoms with Crippen molar-refractivity contribution < 1.29 is 22.5 Å². The number of urea groups is 1. The van der Waals surface area contributed by atoms with Crippen LogP contribution in [-0.2, 0) is 6.18 Å². The summed E-state index contributed by atoms with van der Waals surface area (Å²) in [6, 6.07) is 4.31. The highest BCUT2D eigenvalue weighted by Gasteiger charge is 2.31. The Morgan fingerprint density at radius 2 is 2.03 bits per heavy atom. The number of halogens is 3. The number of aromatic nitrogens is 4. The summed E-state index contributed by atoms with van der Waals surface area (Å²) >= 11 is 1.24. The molecule has 1 fully saturated rings. The number of alkyl halides is 3. The summed E-state index contributed by atoms with van der Waals surface area (Å²) in [7, 11) is 0. The number of nitrogens with one attached hydrogen (secondary N) is 1. The van der Waals surface area contributed by atoms with E-state index in [0.717, 1.165) is 12.1 Å². The van der Waals surface area contributed by atoms with Crippen molar-refractivity contribution in [2.75, 3.05) is 31.5 Å². The quantitative estimate of drug-likeness (QED) is 0.645. The van der Waals surface area contributed by atoms with Crippen molar-refractivity contribution in [3.63, 3.8) is 0 Å². The lowest BCUT2D eigenvalue weighted by molar-refractivity contribution is -0.137. The number of anilines is 1. The van der Waals surface area contributed by atoms with E-state index in [9.17, 15) is 18.0 Å². The smallest absolute Gasteiger partial charge is 0.337 e. The predicted octanol–water partition coefficient (Wildman–Crippen LogP) is 3.52. The minimum absolute atomic E-state index is 0.100. The Hall–Kier alpha value is -3.06. The Morgan fingerprint density at radius 1 is 1.26 bits per heavy atom. The zero-order valence-corrected chi connectivity index (χ0v) is 17.2. The molecule has 164 valence electrons. The lowest BCUT2D eigenvalue weighted by Crippen LogP contribution is -2.50. The van der Waals surface area contributed by atoms with Gasteiger partial charge in [0.15, 0.2) is 0 Å². The van der Waals surface area contributed by atoms with Crippen molar-refractivity contribution in [3.05, 3.63) is 41.2 Å². The Morgan fingerprint density at radius 3 is 2.71 bits per heavy atom. The first-order valence-electron chi connectivity index (χ1n) is 9.38. The molecule has 4 rings (SSSR count). The van der Waals surface area contributed by atoms with Gasteiger partial charge in [-0.1, -0.05) is 28.6 Å². The van der Waals surface area contributed by atoms with Crippen molar-refractivity contribution in [2.45, 2.75) is 19.1 Å². The number of benzene rings is 1. The van der Waals surface area contributed by atoms with Crippen molar-refractivity contribution >= 4 is 22.5 Å². The fourth-order valence-electron chi connectivity index (χ4n) is 3.22. The van der Waals surface area contributed by atoms with Gasteiger partial charge in [-0.15, -0.1) is 10.2 Å². The second kappa shape index (κ2) is 8.59. The van der Waals surface area contributed by atoms with Crippen LogP contribution in [0.1, 0.15) is 24.4 Å². The molecule has 13 heteroatoms. The molecule has 31 heavy (non-hydrogen) atoms. The Kier molecular flexibility index (Phi) is 5.87. The minimum Gasteiger partial charge on any atom is -0.337 e. The molecule has 0 radical (unpaired) electrons. The zero-order valence-electron chi connectivity index (χ0n) is 16.3. The molecule has 0 bridgehead atoms. The van der Waals surface area contributed by atoms with Crippen LogP contribution in [0, 0.1) is 0 Å². The SMILES string of the molecule is CC(c1nc(-c2cccc(C(F)(F)F)c2)no1)N1CCN(C(=O)Nc2nncs2)CC1. The van der Waals surface area contributed by atoms with E-state index in [0.29, 0.717) is 37.2 Å². The molecule has 1 unspecified atom stereocenters. The Labute approximate surface area is 178 Å². The maximum atomic E-state index is 12.9. The average molecular weight is 453 g/mol. The van der Waals surface area contributed by atoms with Gasteiger partial charge in [-0.05, 0) is 19.1 Å². The third kappa shape index (κ3) is 4.82. The van der Waals surface area contributed by atoms with Crippen LogP contribution in [0.15, 0.2) is 34.3 Å². The van der Waals surface area contributed by atoms with E-state index < -0.39 is 11.7 Å². The molecule has 2 aromatic heterocycles. The Balaban J connectivity index is 1.37. The van der Waals surface area contributed by atoms with E-state index >= 15 is 0 Å². The second-order valence-electron chi connectivity index (χ2n) is 6.91. The second-order valence-corrected chi connectivity index (χ2v) is 7.74. The summed E-state index contributed by atoms with van der Waals surface area (Å²) in [5.74, 6) is 0.405. The summed E-state index contributed by atoms with van der Waals surface area (Å²) in [6.07, 6.45) is -4.45. The number of hydrogen-bond donors (Lipinski definition) is 1. The fourth-order valence-corrected chi connectivity index (χ4v) is 3.66. The highest BCUT2D eigenvalue weighted by atomic mass is 32.1. The van der Waals surface area contributed by atoms with Gasteiger partial charge >= 0.3 is 12.2 Å². The lowest BCUT2D eigenvalue weighted by atomic mass is 10.1. The van der Waals surface area contributed by atoms with Crippen LogP contribution in [0.25, 0.3) is 11.4 Å². The summed E-state index contributed by atoms with van der Waals surface area (Å²) < 4.78 is 44.1. The van der Waals surface area contributed by atoms with Crippen LogP contribution in [0.3, 0.4) is 0 Å². The molecule has 1 aliphatic heterocycles. The first-order valence-corrected chi connectivity index (χ1v) is 10.3. The van der Waals surface area contributed by atoms with Crippen molar-refractivity contribution in [1.29, 1.82) is 0 Å². The molecule has 3 heterocycles. The van der Waals surface area contributed by atoms with Crippen molar-refractivity contribution in [2.24, 2.45) is 0 Å². The van der Waals surface area contributed by atoms with Crippen LogP contribution >= 0.6 is 11.3 Å². The predicted molar refractivity (Wildman–Crippen MR) is 105 cm³/mol. The van der Waals surface area contributed by atoms with Crippen LogP contribution < -0.4 is 5.32 Å².